The molecule has 1 saturated heterocycles. The SMILES string of the molecule is O=C(O)c1cc(CN2CCCCCCC2)ccc1F. The van der Waals surface area contributed by atoms with Crippen molar-refractivity contribution >= 4 is 5.97 Å². The molecular formula is C15H20FNO2. The summed E-state index contributed by atoms with van der Waals surface area (Å²) in [6.07, 6.45) is 6.22. The summed E-state index contributed by atoms with van der Waals surface area (Å²) < 4.78 is 13.3. The summed E-state index contributed by atoms with van der Waals surface area (Å²) in [5, 5.41) is 8.92. The summed E-state index contributed by atoms with van der Waals surface area (Å²) in [6.45, 7) is 2.79. The maximum absolute atomic E-state index is 13.3. The van der Waals surface area contributed by atoms with Gasteiger partial charge in [0.15, 0.2) is 0 Å². The first-order chi connectivity index (χ1) is 9.16. The fourth-order valence-electron chi connectivity index (χ4n) is 2.56. The second-order valence-electron chi connectivity index (χ2n) is 5.16. The summed E-state index contributed by atoms with van der Waals surface area (Å²) in [4.78, 5) is 13.2. The number of carboxylic acid groups (broad SMARTS) is 1. The fourth-order valence-corrected chi connectivity index (χ4v) is 2.56. The van der Waals surface area contributed by atoms with Crippen LogP contribution in [0.15, 0.2) is 18.2 Å². The number of hydrogen-bond acceptors (Lipinski definition) is 2. The first-order valence-corrected chi connectivity index (χ1v) is 6.91. The molecule has 1 N–H and O–H groups in total. The molecule has 19 heavy (non-hydrogen) atoms. The number of nitrogens with zero attached hydrogens (tertiary/aromatic N) is 1. The zero-order valence-corrected chi connectivity index (χ0v) is 11.1. The highest BCUT2D eigenvalue weighted by molar-refractivity contribution is 5.88. The zero-order chi connectivity index (χ0) is 13.7. The van der Waals surface area contributed by atoms with Crippen molar-refractivity contribution in [1.82, 2.24) is 4.90 Å². The van der Waals surface area contributed by atoms with Crippen LogP contribution in [-0.4, -0.2) is 29.1 Å². The molecule has 1 aromatic carbocycles. The molecule has 0 spiro atoms. The molecule has 0 aromatic heterocycles. The quantitative estimate of drug-likeness (QED) is 0.911. The molecule has 1 aliphatic heterocycles. The van der Waals surface area contributed by atoms with Crippen molar-refractivity contribution in [3.63, 3.8) is 0 Å². The molecule has 4 heteroatoms. The van der Waals surface area contributed by atoms with Crippen LogP contribution < -0.4 is 0 Å². The Hall–Kier alpha value is -1.42. The number of hydrogen-bond donors (Lipinski definition) is 1. The molecule has 1 fully saturated rings. The third-order valence-corrected chi connectivity index (χ3v) is 3.62. The maximum atomic E-state index is 13.3. The van der Waals surface area contributed by atoms with E-state index >= 15 is 0 Å². The molecule has 0 saturated carbocycles. The van der Waals surface area contributed by atoms with Crippen molar-refractivity contribution in [3.05, 3.63) is 35.1 Å². The summed E-state index contributed by atoms with van der Waals surface area (Å²) in [7, 11) is 0. The number of aromatic carboxylic acids is 1. The fraction of sp³-hybridized carbons (Fsp3) is 0.533. The number of halogens is 1. The summed E-state index contributed by atoms with van der Waals surface area (Å²) in [5.74, 6) is -1.86. The third kappa shape index (κ3) is 4.03. The average molecular weight is 265 g/mol. The minimum atomic E-state index is -1.20. The van der Waals surface area contributed by atoms with Crippen molar-refractivity contribution in [1.29, 1.82) is 0 Å². The lowest BCUT2D eigenvalue weighted by Gasteiger charge is -2.24. The zero-order valence-electron chi connectivity index (χ0n) is 11.1. The first kappa shape index (κ1) is 14.0. The predicted octanol–water partition coefficient (Wildman–Crippen LogP) is 3.29. The van der Waals surface area contributed by atoms with Crippen LogP contribution in [0.25, 0.3) is 0 Å². The number of carbonyl (C=O) groups is 1. The Balaban J connectivity index is 2.05. The van der Waals surface area contributed by atoms with E-state index in [1.54, 1.807) is 6.07 Å². The van der Waals surface area contributed by atoms with Gasteiger partial charge in [-0.05, 0) is 43.6 Å². The standard InChI is InChI=1S/C15H20FNO2/c16-14-7-6-12(10-13(14)15(18)19)11-17-8-4-2-1-3-5-9-17/h6-7,10H,1-5,8-9,11H2,(H,18,19). The van der Waals surface area contributed by atoms with Crippen molar-refractivity contribution in [2.45, 2.75) is 38.6 Å². The second-order valence-corrected chi connectivity index (χ2v) is 5.16. The van der Waals surface area contributed by atoms with Gasteiger partial charge in [-0.15, -0.1) is 0 Å². The Morgan fingerprint density at radius 2 is 1.79 bits per heavy atom. The Morgan fingerprint density at radius 1 is 1.16 bits per heavy atom. The van der Waals surface area contributed by atoms with Gasteiger partial charge in [0.05, 0.1) is 5.56 Å². The van der Waals surface area contributed by atoms with Crippen molar-refractivity contribution in [2.24, 2.45) is 0 Å². The van der Waals surface area contributed by atoms with Gasteiger partial charge in [-0.1, -0.05) is 25.3 Å². The van der Waals surface area contributed by atoms with Crippen LogP contribution in [0.2, 0.25) is 0 Å². The molecule has 2 rings (SSSR count). The number of rotatable bonds is 3. The topological polar surface area (TPSA) is 40.5 Å². The van der Waals surface area contributed by atoms with E-state index in [1.807, 2.05) is 0 Å². The number of carboxylic acids is 1. The molecule has 1 aromatic rings. The lowest BCUT2D eigenvalue weighted by atomic mass is 10.1. The Labute approximate surface area is 113 Å². The van der Waals surface area contributed by atoms with Crippen LogP contribution in [0.4, 0.5) is 4.39 Å². The molecule has 1 aliphatic rings. The summed E-state index contributed by atoms with van der Waals surface area (Å²) >= 11 is 0. The molecule has 0 unspecified atom stereocenters. The van der Waals surface area contributed by atoms with E-state index in [-0.39, 0.29) is 5.56 Å². The molecule has 0 bridgehead atoms. The molecule has 0 aliphatic carbocycles. The number of benzene rings is 1. The van der Waals surface area contributed by atoms with Crippen molar-refractivity contribution in [3.8, 4) is 0 Å². The highest BCUT2D eigenvalue weighted by Gasteiger charge is 2.13. The monoisotopic (exact) mass is 265 g/mol. The van der Waals surface area contributed by atoms with E-state index < -0.39 is 11.8 Å². The average Bonchev–Trinajstić information content (AvgIpc) is 2.34. The van der Waals surface area contributed by atoms with Gasteiger partial charge in [0.2, 0.25) is 0 Å². The van der Waals surface area contributed by atoms with Gasteiger partial charge in [0, 0.05) is 6.54 Å². The first-order valence-electron chi connectivity index (χ1n) is 6.91. The van der Waals surface area contributed by atoms with Gasteiger partial charge in [-0.25, -0.2) is 9.18 Å². The van der Waals surface area contributed by atoms with Crippen LogP contribution in [0.1, 0.15) is 48.0 Å². The Morgan fingerprint density at radius 3 is 2.42 bits per heavy atom. The molecule has 0 atom stereocenters. The van der Waals surface area contributed by atoms with Gasteiger partial charge in [-0.2, -0.15) is 0 Å². The van der Waals surface area contributed by atoms with Crippen LogP contribution in [-0.2, 0) is 6.54 Å². The largest absolute Gasteiger partial charge is 0.478 e. The minimum absolute atomic E-state index is 0.232. The minimum Gasteiger partial charge on any atom is -0.478 e. The molecule has 0 amide bonds. The van der Waals surface area contributed by atoms with Crippen molar-refractivity contribution in [2.75, 3.05) is 13.1 Å². The highest BCUT2D eigenvalue weighted by Crippen LogP contribution is 2.16. The molecule has 1 heterocycles. The van der Waals surface area contributed by atoms with Crippen molar-refractivity contribution < 1.29 is 14.3 Å². The van der Waals surface area contributed by atoms with Gasteiger partial charge >= 0.3 is 5.97 Å². The summed E-state index contributed by atoms with van der Waals surface area (Å²) in [6, 6.07) is 4.39. The molecule has 104 valence electrons. The van der Waals surface area contributed by atoms with Gasteiger partial charge in [0.25, 0.3) is 0 Å². The van der Waals surface area contributed by atoms with Crippen LogP contribution in [0.5, 0.6) is 0 Å². The molecule has 0 radical (unpaired) electrons. The molecular weight excluding hydrogens is 245 g/mol. The Bertz CT molecular complexity index is 440. The van der Waals surface area contributed by atoms with Gasteiger partial charge in [0.1, 0.15) is 5.82 Å². The van der Waals surface area contributed by atoms with E-state index in [0.717, 1.165) is 18.7 Å². The second kappa shape index (κ2) is 6.66. The predicted molar refractivity (Wildman–Crippen MR) is 71.7 cm³/mol. The van der Waals surface area contributed by atoms with Gasteiger partial charge in [-0.3, -0.25) is 4.90 Å². The van der Waals surface area contributed by atoms with E-state index in [0.29, 0.717) is 6.54 Å². The van der Waals surface area contributed by atoms with E-state index in [4.69, 9.17) is 5.11 Å². The van der Waals surface area contributed by atoms with E-state index in [9.17, 15) is 9.18 Å². The van der Waals surface area contributed by atoms with Crippen LogP contribution in [0.3, 0.4) is 0 Å². The lowest BCUT2D eigenvalue weighted by molar-refractivity contribution is 0.0691. The summed E-state index contributed by atoms with van der Waals surface area (Å²) in [5.41, 5.74) is 0.643. The van der Waals surface area contributed by atoms with Gasteiger partial charge < -0.3 is 5.11 Å². The third-order valence-electron chi connectivity index (χ3n) is 3.62. The maximum Gasteiger partial charge on any atom is 0.338 e. The molecule has 3 nitrogen and oxygen atoms in total. The van der Waals surface area contributed by atoms with Crippen LogP contribution in [0, 0.1) is 5.82 Å². The van der Waals surface area contributed by atoms with E-state index in [2.05, 4.69) is 4.90 Å². The Kier molecular flexibility index (Phi) is 4.91. The van der Waals surface area contributed by atoms with E-state index in [1.165, 1.54) is 44.2 Å². The van der Waals surface area contributed by atoms with Crippen LogP contribution >= 0.6 is 0 Å². The highest BCUT2D eigenvalue weighted by atomic mass is 19.1. The normalized spacial score (nSPS) is 17.7. The number of likely N-dealkylation sites (tertiary alicyclic amines) is 1. The lowest BCUT2D eigenvalue weighted by Crippen LogP contribution is -2.27. The smallest absolute Gasteiger partial charge is 0.338 e.